The monoisotopic (exact) mass is 649 g/mol. The molecule has 0 aliphatic carbocycles. The van der Waals surface area contributed by atoms with Crippen LogP contribution < -0.4 is 16.9 Å². The quantitative estimate of drug-likeness (QED) is 0.169. The van der Waals surface area contributed by atoms with Gasteiger partial charge in [-0.25, -0.2) is 18.4 Å². The molecule has 0 saturated carbocycles. The fourth-order valence-electron chi connectivity index (χ4n) is 5.06. The number of benzene rings is 2. The van der Waals surface area contributed by atoms with Gasteiger partial charge in [0.15, 0.2) is 11.0 Å². The number of hydrogen-bond acceptors (Lipinski definition) is 9. The number of H-pyrrole nitrogens is 2. The molecule has 4 heterocycles. The second-order valence-corrected chi connectivity index (χ2v) is 13.0. The van der Waals surface area contributed by atoms with Crippen LogP contribution in [0.1, 0.15) is 38.1 Å². The van der Waals surface area contributed by atoms with Crippen molar-refractivity contribution >= 4 is 47.5 Å². The molecule has 0 fully saturated rings. The predicted molar refractivity (Wildman–Crippen MR) is 175 cm³/mol. The van der Waals surface area contributed by atoms with Gasteiger partial charge in [-0.1, -0.05) is 51.0 Å². The summed E-state index contributed by atoms with van der Waals surface area (Å²) in [4.78, 5) is 39.2. The Kier molecular flexibility index (Phi) is 8.89. The Morgan fingerprint density at radius 1 is 0.778 bits per heavy atom. The summed E-state index contributed by atoms with van der Waals surface area (Å²) < 4.78 is 26.1. The van der Waals surface area contributed by atoms with Crippen molar-refractivity contribution in [3.8, 4) is 22.8 Å². The van der Waals surface area contributed by atoms with Crippen LogP contribution >= 0.6 is 10.7 Å². The molecule has 0 unspecified atom stereocenters. The van der Waals surface area contributed by atoms with Gasteiger partial charge in [0, 0.05) is 41.6 Å². The van der Waals surface area contributed by atoms with Crippen molar-refractivity contribution in [2.45, 2.75) is 44.4 Å². The van der Waals surface area contributed by atoms with Gasteiger partial charge in [0.25, 0.3) is 20.2 Å². The van der Waals surface area contributed by atoms with E-state index in [-0.39, 0.29) is 21.8 Å². The first-order chi connectivity index (χ1) is 21.4. The van der Waals surface area contributed by atoms with Crippen LogP contribution in [0.15, 0.2) is 63.0 Å². The first-order valence-corrected chi connectivity index (χ1v) is 16.5. The van der Waals surface area contributed by atoms with Crippen molar-refractivity contribution in [1.29, 1.82) is 0 Å². The number of nitrogens with zero attached hydrogens (tertiary/aromatic N) is 6. The Morgan fingerprint density at radius 3 is 1.69 bits per heavy atom. The lowest BCUT2D eigenvalue weighted by molar-refractivity contribution is 0.609. The number of aromatic amines is 2. The van der Waals surface area contributed by atoms with Crippen LogP contribution in [0.5, 0.6) is 0 Å². The zero-order valence-electron chi connectivity index (χ0n) is 25.1. The van der Waals surface area contributed by atoms with E-state index in [9.17, 15) is 18.0 Å². The molecular formula is C30H32ClN9O4S. The molecular weight excluding hydrogens is 618 g/mol. The summed E-state index contributed by atoms with van der Waals surface area (Å²) in [6.45, 7) is 4.09. The molecule has 6 rings (SSSR count). The van der Waals surface area contributed by atoms with Crippen molar-refractivity contribution in [1.82, 2.24) is 39.5 Å². The number of nitrogens with one attached hydrogen (secondary N) is 2. The Labute approximate surface area is 262 Å². The lowest BCUT2D eigenvalue weighted by Gasteiger charge is -2.04. The first-order valence-electron chi connectivity index (χ1n) is 14.2. The Balaban J connectivity index is 0.000000179. The number of halogens is 1. The van der Waals surface area contributed by atoms with E-state index >= 15 is 0 Å². The van der Waals surface area contributed by atoms with E-state index in [1.54, 1.807) is 43.0 Å². The van der Waals surface area contributed by atoms with Crippen molar-refractivity contribution in [2.24, 2.45) is 14.1 Å². The number of fused-ring (bicyclic) bond motifs is 2. The maximum absolute atomic E-state index is 12.4. The zero-order valence-corrected chi connectivity index (χ0v) is 26.7. The minimum Gasteiger partial charge on any atom is -0.399 e. The highest BCUT2D eigenvalue weighted by Gasteiger charge is 2.17. The summed E-state index contributed by atoms with van der Waals surface area (Å²) in [6, 6.07) is 13.3. The van der Waals surface area contributed by atoms with Gasteiger partial charge in [0.1, 0.15) is 22.7 Å². The predicted octanol–water partition coefficient (Wildman–Crippen LogP) is 4.06. The molecule has 13 nitrogen and oxygen atoms in total. The summed E-state index contributed by atoms with van der Waals surface area (Å²) in [6.07, 6.45) is 3.32. The summed E-state index contributed by atoms with van der Waals surface area (Å²) in [5.41, 5.74) is 10.8. The number of anilines is 1. The van der Waals surface area contributed by atoms with Crippen LogP contribution in [-0.2, 0) is 36.0 Å². The highest BCUT2D eigenvalue weighted by atomic mass is 35.7. The van der Waals surface area contributed by atoms with Gasteiger partial charge in [-0.2, -0.15) is 10.2 Å². The molecule has 6 aromatic rings. The van der Waals surface area contributed by atoms with E-state index in [0.717, 1.165) is 36.2 Å². The largest absolute Gasteiger partial charge is 0.399 e. The molecule has 0 spiro atoms. The van der Waals surface area contributed by atoms with Crippen molar-refractivity contribution in [3.63, 3.8) is 0 Å². The fraction of sp³-hybridized carbons (Fsp3) is 0.267. The van der Waals surface area contributed by atoms with E-state index in [4.69, 9.17) is 16.4 Å². The average molecular weight is 650 g/mol. The molecule has 15 heteroatoms. The third-order valence-electron chi connectivity index (χ3n) is 7.05. The van der Waals surface area contributed by atoms with Crippen LogP contribution in [-0.4, -0.2) is 47.9 Å². The van der Waals surface area contributed by atoms with E-state index < -0.39 is 9.05 Å². The molecule has 2 aromatic carbocycles. The van der Waals surface area contributed by atoms with Crippen LogP contribution in [0.2, 0.25) is 0 Å². The summed E-state index contributed by atoms with van der Waals surface area (Å²) >= 11 is 0. The summed E-state index contributed by atoms with van der Waals surface area (Å²) in [5.74, 6) is 0.796. The Hall–Kier alpha value is -4.82. The smallest absolute Gasteiger partial charge is 0.277 e. The molecule has 4 N–H and O–H groups in total. The van der Waals surface area contributed by atoms with Crippen LogP contribution in [0.4, 0.5) is 5.69 Å². The van der Waals surface area contributed by atoms with Crippen LogP contribution in [0.3, 0.4) is 0 Å². The molecule has 0 bridgehead atoms. The third kappa shape index (κ3) is 6.51. The number of aromatic nitrogens is 8. The number of rotatable bonds is 7. The minimum absolute atomic E-state index is 0.0515. The molecule has 45 heavy (non-hydrogen) atoms. The number of nitrogen functional groups attached to an aromatic ring is 1. The molecule has 0 amide bonds. The summed E-state index contributed by atoms with van der Waals surface area (Å²) in [7, 11) is 4.97. The van der Waals surface area contributed by atoms with Gasteiger partial charge in [-0.05, 0) is 37.1 Å². The molecule has 0 aliphatic rings. The van der Waals surface area contributed by atoms with Crippen molar-refractivity contribution in [2.75, 3.05) is 5.73 Å². The Morgan fingerprint density at radius 2 is 1.24 bits per heavy atom. The number of hydrogen-bond donors (Lipinski definition) is 3. The van der Waals surface area contributed by atoms with E-state index in [0.29, 0.717) is 45.6 Å². The molecule has 234 valence electrons. The first kappa shape index (κ1) is 31.6. The van der Waals surface area contributed by atoms with Crippen LogP contribution in [0.25, 0.3) is 44.8 Å². The van der Waals surface area contributed by atoms with Gasteiger partial charge >= 0.3 is 0 Å². The van der Waals surface area contributed by atoms with Gasteiger partial charge in [-0.3, -0.25) is 19.0 Å². The average Bonchev–Trinajstić information content (AvgIpc) is 3.49. The lowest BCUT2D eigenvalue weighted by Crippen LogP contribution is -2.12. The molecule has 0 radical (unpaired) electrons. The molecule has 0 atom stereocenters. The highest BCUT2D eigenvalue weighted by molar-refractivity contribution is 8.13. The normalized spacial score (nSPS) is 11.6. The van der Waals surface area contributed by atoms with Crippen molar-refractivity contribution < 1.29 is 8.42 Å². The van der Waals surface area contributed by atoms with E-state index in [1.165, 1.54) is 16.8 Å². The third-order valence-corrected chi connectivity index (χ3v) is 8.40. The second-order valence-electron chi connectivity index (χ2n) is 10.5. The number of aryl methyl sites for hydroxylation is 4. The maximum Gasteiger partial charge on any atom is 0.277 e. The SMILES string of the molecule is CCCc1nn(C)c2c(=O)[nH]c(-c3cccc(N)c3)nc12.CCCc1nn(C)c2c(=O)[nH]c(-c3cccc(S(=O)(=O)Cl)c3)nc12. The summed E-state index contributed by atoms with van der Waals surface area (Å²) in [5, 5.41) is 8.75. The minimum atomic E-state index is -3.86. The zero-order chi connectivity index (χ0) is 32.5. The fourth-order valence-corrected chi connectivity index (χ4v) is 5.86. The maximum atomic E-state index is 12.4. The molecule has 0 aliphatic heterocycles. The van der Waals surface area contributed by atoms with E-state index in [1.807, 2.05) is 19.1 Å². The Bertz CT molecular complexity index is 2270. The number of nitrogens with two attached hydrogens (primary N) is 1. The standard InChI is InChI=1S/C15H15ClN4O3S.C15H17N5O/c1-3-5-11-12-13(20(2)19-11)15(21)18-14(17-12)9-6-4-7-10(8-9)24(16,22)23;1-3-5-11-12-13(20(2)19-11)15(21)18-14(17-12)9-6-4-7-10(16)8-9/h4,6-8H,3,5H2,1-2H3,(H,17,18,21);4,6-8H,3,5,16H2,1-2H3,(H,17,18,21). The highest BCUT2D eigenvalue weighted by Crippen LogP contribution is 2.24. The topological polar surface area (TPSA) is 187 Å². The van der Waals surface area contributed by atoms with Gasteiger partial charge in [-0.15, -0.1) is 0 Å². The van der Waals surface area contributed by atoms with E-state index in [2.05, 4.69) is 37.1 Å². The molecule has 4 aromatic heterocycles. The lowest BCUT2D eigenvalue weighted by atomic mass is 10.2. The van der Waals surface area contributed by atoms with Gasteiger partial charge < -0.3 is 15.7 Å². The second kappa shape index (κ2) is 12.7. The molecule has 0 saturated heterocycles. The van der Waals surface area contributed by atoms with Gasteiger partial charge in [0.05, 0.1) is 16.3 Å². The van der Waals surface area contributed by atoms with Gasteiger partial charge in [0.2, 0.25) is 0 Å². The van der Waals surface area contributed by atoms with Crippen molar-refractivity contribution in [3.05, 3.63) is 80.6 Å². The van der Waals surface area contributed by atoms with Crippen LogP contribution in [0, 0.1) is 0 Å².